The molecule has 424 valence electrons. The number of ether oxygens (including phenoxy) is 3. The number of allylic oxidation sites excluding steroid dienone is 10. The van der Waals surface area contributed by atoms with Gasteiger partial charge in [-0.2, -0.15) is 0 Å². The highest BCUT2D eigenvalue weighted by Crippen LogP contribution is 2.16. The first-order valence-corrected chi connectivity index (χ1v) is 31.8. The number of carbonyl (C=O) groups is 3. The Morgan fingerprint density at radius 2 is 0.493 bits per heavy atom. The van der Waals surface area contributed by atoms with Crippen LogP contribution in [-0.2, 0) is 28.6 Å². The summed E-state index contributed by atoms with van der Waals surface area (Å²) < 4.78 is 16.9. The summed E-state index contributed by atoms with van der Waals surface area (Å²) in [6, 6.07) is 0. The Balaban J connectivity index is 4.18. The van der Waals surface area contributed by atoms with Crippen molar-refractivity contribution < 1.29 is 28.6 Å². The van der Waals surface area contributed by atoms with E-state index in [1.54, 1.807) is 0 Å². The molecule has 1 unspecified atom stereocenters. The molecule has 6 heteroatoms. The number of carbonyl (C=O) groups excluding carboxylic acids is 3. The monoisotopic (exact) mass is 1020 g/mol. The Morgan fingerprint density at radius 1 is 0.274 bits per heavy atom. The van der Waals surface area contributed by atoms with Crippen LogP contribution in [0.3, 0.4) is 0 Å². The first kappa shape index (κ1) is 70.1. The highest BCUT2D eigenvalue weighted by atomic mass is 16.6. The summed E-state index contributed by atoms with van der Waals surface area (Å²) >= 11 is 0. The van der Waals surface area contributed by atoms with Gasteiger partial charge in [-0.3, -0.25) is 14.4 Å². The van der Waals surface area contributed by atoms with Gasteiger partial charge in [0.1, 0.15) is 13.2 Å². The zero-order valence-corrected chi connectivity index (χ0v) is 48.7. The maximum atomic E-state index is 12.8. The van der Waals surface area contributed by atoms with Gasteiger partial charge in [-0.05, 0) is 109 Å². The van der Waals surface area contributed by atoms with Gasteiger partial charge in [0.05, 0.1) is 0 Å². The van der Waals surface area contributed by atoms with Gasteiger partial charge in [-0.15, -0.1) is 0 Å². The average molecular weight is 1020 g/mol. The van der Waals surface area contributed by atoms with Gasteiger partial charge in [0.25, 0.3) is 0 Å². The molecule has 0 saturated heterocycles. The van der Waals surface area contributed by atoms with Crippen LogP contribution in [0, 0.1) is 0 Å². The predicted octanol–water partition coefficient (Wildman–Crippen LogP) is 21.6. The van der Waals surface area contributed by atoms with Gasteiger partial charge in [0.15, 0.2) is 6.10 Å². The smallest absolute Gasteiger partial charge is 0.306 e. The quantitative estimate of drug-likeness (QED) is 0.0261. The molecule has 0 aromatic rings. The minimum atomic E-state index is -0.781. The molecule has 0 bridgehead atoms. The Kier molecular flexibility index (Phi) is 59.2. The van der Waals surface area contributed by atoms with E-state index in [0.29, 0.717) is 19.3 Å². The van der Waals surface area contributed by atoms with Crippen LogP contribution in [0.15, 0.2) is 60.8 Å². The molecule has 0 amide bonds. The van der Waals surface area contributed by atoms with E-state index in [9.17, 15) is 14.4 Å². The van der Waals surface area contributed by atoms with Crippen LogP contribution in [0.25, 0.3) is 0 Å². The van der Waals surface area contributed by atoms with Crippen molar-refractivity contribution in [3.05, 3.63) is 60.8 Å². The molecule has 1 atom stereocenters. The van der Waals surface area contributed by atoms with E-state index in [4.69, 9.17) is 14.2 Å². The van der Waals surface area contributed by atoms with Crippen LogP contribution in [0.2, 0.25) is 0 Å². The van der Waals surface area contributed by atoms with Crippen molar-refractivity contribution in [3.63, 3.8) is 0 Å². The van der Waals surface area contributed by atoms with Gasteiger partial charge in [0.2, 0.25) is 0 Å². The second-order valence-electron chi connectivity index (χ2n) is 21.3. The van der Waals surface area contributed by atoms with Gasteiger partial charge >= 0.3 is 17.9 Å². The van der Waals surface area contributed by atoms with Crippen LogP contribution in [-0.4, -0.2) is 37.2 Å². The van der Waals surface area contributed by atoms with E-state index in [1.807, 2.05) is 0 Å². The number of esters is 3. The molecule has 0 N–H and O–H groups in total. The highest BCUT2D eigenvalue weighted by Gasteiger charge is 2.19. The van der Waals surface area contributed by atoms with E-state index < -0.39 is 6.10 Å². The summed E-state index contributed by atoms with van der Waals surface area (Å²) in [6.45, 7) is 6.61. The third kappa shape index (κ3) is 59.9. The van der Waals surface area contributed by atoms with Crippen molar-refractivity contribution in [1.29, 1.82) is 0 Å². The average Bonchev–Trinajstić information content (AvgIpc) is 3.39. The van der Waals surface area contributed by atoms with Crippen molar-refractivity contribution in [3.8, 4) is 0 Å². The van der Waals surface area contributed by atoms with Crippen molar-refractivity contribution in [1.82, 2.24) is 0 Å². The number of hydrogen-bond acceptors (Lipinski definition) is 6. The van der Waals surface area contributed by atoms with E-state index in [1.165, 1.54) is 199 Å². The van der Waals surface area contributed by atoms with Gasteiger partial charge in [-0.25, -0.2) is 0 Å². The fourth-order valence-corrected chi connectivity index (χ4v) is 9.15. The fourth-order valence-electron chi connectivity index (χ4n) is 9.15. The Morgan fingerprint density at radius 3 is 0.795 bits per heavy atom. The van der Waals surface area contributed by atoms with E-state index in [0.717, 1.165) is 89.9 Å². The van der Waals surface area contributed by atoms with Crippen LogP contribution < -0.4 is 0 Å². The van der Waals surface area contributed by atoms with E-state index in [-0.39, 0.29) is 31.1 Å². The normalized spacial score (nSPS) is 12.4. The lowest BCUT2D eigenvalue weighted by molar-refractivity contribution is -0.167. The van der Waals surface area contributed by atoms with Crippen LogP contribution in [0.4, 0.5) is 0 Å². The first-order chi connectivity index (χ1) is 36.0. The lowest BCUT2D eigenvalue weighted by Gasteiger charge is -2.18. The molecule has 0 aromatic carbocycles. The lowest BCUT2D eigenvalue weighted by Crippen LogP contribution is -2.30. The zero-order valence-electron chi connectivity index (χ0n) is 48.7. The summed E-state index contributed by atoms with van der Waals surface area (Å²) in [6.07, 6.45) is 78.0. The minimum absolute atomic E-state index is 0.0783. The van der Waals surface area contributed by atoms with Crippen LogP contribution in [0.5, 0.6) is 0 Å². The van der Waals surface area contributed by atoms with Gasteiger partial charge in [-0.1, -0.05) is 261 Å². The molecule has 73 heavy (non-hydrogen) atoms. The number of hydrogen-bond donors (Lipinski definition) is 0. The highest BCUT2D eigenvalue weighted by molar-refractivity contribution is 5.71. The molecule has 0 aliphatic heterocycles. The number of rotatable bonds is 58. The Labute approximate surface area is 453 Å². The zero-order chi connectivity index (χ0) is 52.9. The van der Waals surface area contributed by atoms with Crippen molar-refractivity contribution in [2.24, 2.45) is 0 Å². The first-order valence-electron chi connectivity index (χ1n) is 31.8. The maximum Gasteiger partial charge on any atom is 0.306 e. The maximum absolute atomic E-state index is 12.8. The van der Waals surface area contributed by atoms with Crippen molar-refractivity contribution in [2.75, 3.05) is 13.2 Å². The van der Waals surface area contributed by atoms with Crippen LogP contribution >= 0.6 is 0 Å². The molecule has 0 rings (SSSR count). The van der Waals surface area contributed by atoms with Gasteiger partial charge < -0.3 is 14.2 Å². The topological polar surface area (TPSA) is 78.9 Å². The fraction of sp³-hybridized carbons (Fsp3) is 0.806. The lowest BCUT2D eigenvalue weighted by atomic mass is 10.0. The van der Waals surface area contributed by atoms with Crippen molar-refractivity contribution >= 4 is 17.9 Å². The Bertz CT molecular complexity index is 1310. The molecule has 0 radical (unpaired) electrons. The molecule has 0 spiro atoms. The number of unbranched alkanes of at least 4 members (excludes halogenated alkanes) is 37. The van der Waals surface area contributed by atoms with Crippen molar-refractivity contribution in [2.45, 2.75) is 335 Å². The second-order valence-corrected chi connectivity index (χ2v) is 21.3. The second kappa shape index (κ2) is 61.7. The van der Waals surface area contributed by atoms with E-state index in [2.05, 4.69) is 81.5 Å². The molecule has 0 aromatic heterocycles. The summed E-state index contributed by atoms with van der Waals surface area (Å²) in [5.41, 5.74) is 0. The SMILES string of the molecule is CCCCCC/C=C\CCCCCCCC(=O)OCC(COC(=O)CCCCCCCCCCCCCCCC/C=C\C/C=C\C/C=C\CCCCCCC)OC(=O)CCCCCCC/C=C\CCCCCC. The van der Waals surface area contributed by atoms with E-state index >= 15 is 0 Å². The summed E-state index contributed by atoms with van der Waals surface area (Å²) in [5.74, 6) is -0.883. The van der Waals surface area contributed by atoms with Crippen LogP contribution in [0.1, 0.15) is 329 Å². The molecule has 6 nitrogen and oxygen atoms in total. The standard InChI is InChI=1S/C67H120O6/c1-4-7-10-13-16-19-22-25-26-27-28-29-30-31-32-33-34-35-36-37-38-39-40-43-45-48-51-54-57-60-66(69)72-63-64(73-67(70)61-58-55-52-49-46-42-24-21-18-15-12-9-6-3)62-71-65(68)59-56-53-50-47-44-41-23-20-17-14-11-8-5-2/h20-25,27-28,30-31,64H,4-19,26,29,32-63H2,1-3H3/b23-20-,24-21-,25-22-,28-27-,31-30-. The van der Waals surface area contributed by atoms with Gasteiger partial charge in [0, 0.05) is 19.3 Å². The summed E-state index contributed by atoms with van der Waals surface area (Å²) in [5, 5.41) is 0. The molecular weight excluding hydrogens is 901 g/mol. The molecule has 0 aliphatic rings. The molecule has 0 saturated carbocycles. The molecule has 0 aliphatic carbocycles. The minimum Gasteiger partial charge on any atom is -0.462 e. The molecule has 0 fully saturated rings. The third-order valence-electron chi connectivity index (χ3n) is 14.0. The Hall–Kier alpha value is -2.89. The molecule has 0 heterocycles. The molecular formula is C67H120O6. The third-order valence-corrected chi connectivity index (χ3v) is 14.0. The summed E-state index contributed by atoms with van der Waals surface area (Å²) in [4.78, 5) is 38.2. The predicted molar refractivity (Wildman–Crippen MR) is 316 cm³/mol. The summed E-state index contributed by atoms with van der Waals surface area (Å²) in [7, 11) is 0. The largest absolute Gasteiger partial charge is 0.462 e.